The molecule has 0 N–H and O–H groups in total. The fourth-order valence-electron chi connectivity index (χ4n) is 1.52. The summed E-state index contributed by atoms with van der Waals surface area (Å²) in [5.41, 5.74) is 0.750. The fourth-order valence-corrected chi connectivity index (χ4v) is 1.64. The SMILES string of the molecule is O=C(/C=C\c1ccc(Cl)cc1)ON1C(=O)CCC1=O. The van der Waals surface area contributed by atoms with Gasteiger partial charge in [0.25, 0.3) is 11.8 Å². The van der Waals surface area contributed by atoms with Gasteiger partial charge in [-0.3, -0.25) is 9.59 Å². The zero-order chi connectivity index (χ0) is 13.8. The molecule has 1 fully saturated rings. The Bertz CT molecular complexity index is 534. The van der Waals surface area contributed by atoms with Crippen molar-refractivity contribution in [1.82, 2.24) is 5.06 Å². The normalized spacial score (nSPS) is 15.3. The first-order valence-electron chi connectivity index (χ1n) is 5.57. The number of rotatable bonds is 3. The topological polar surface area (TPSA) is 63.7 Å². The second-order valence-corrected chi connectivity index (χ2v) is 4.31. The number of amides is 2. The van der Waals surface area contributed by atoms with Gasteiger partial charge in [-0.25, -0.2) is 4.79 Å². The summed E-state index contributed by atoms with van der Waals surface area (Å²) in [5.74, 6) is -1.78. The van der Waals surface area contributed by atoms with Crippen LogP contribution in [0.1, 0.15) is 18.4 Å². The van der Waals surface area contributed by atoms with Crippen LogP contribution in [0.4, 0.5) is 0 Å². The van der Waals surface area contributed by atoms with Crippen molar-refractivity contribution in [2.75, 3.05) is 0 Å². The van der Waals surface area contributed by atoms with E-state index in [1.165, 1.54) is 6.08 Å². The molecule has 5 nitrogen and oxygen atoms in total. The van der Waals surface area contributed by atoms with Crippen LogP contribution in [0.5, 0.6) is 0 Å². The third-order valence-electron chi connectivity index (χ3n) is 2.47. The predicted molar refractivity (Wildman–Crippen MR) is 67.7 cm³/mol. The Hall–Kier alpha value is -2.14. The number of imide groups is 1. The number of halogens is 1. The first-order valence-corrected chi connectivity index (χ1v) is 5.95. The quantitative estimate of drug-likeness (QED) is 0.627. The van der Waals surface area contributed by atoms with Gasteiger partial charge in [0.1, 0.15) is 0 Å². The van der Waals surface area contributed by atoms with Crippen molar-refractivity contribution in [3.63, 3.8) is 0 Å². The number of carbonyl (C=O) groups excluding carboxylic acids is 3. The lowest BCUT2D eigenvalue weighted by atomic mass is 10.2. The van der Waals surface area contributed by atoms with Gasteiger partial charge >= 0.3 is 5.97 Å². The largest absolute Gasteiger partial charge is 0.356 e. The first kappa shape index (κ1) is 13.3. The maximum absolute atomic E-state index is 11.4. The van der Waals surface area contributed by atoms with Crippen LogP contribution in [0.3, 0.4) is 0 Å². The van der Waals surface area contributed by atoms with Crippen molar-refractivity contribution < 1.29 is 19.2 Å². The minimum atomic E-state index is -0.779. The predicted octanol–water partition coefficient (Wildman–Crippen LogP) is 1.96. The lowest BCUT2D eigenvalue weighted by molar-refractivity contribution is -0.193. The molecule has 0 aromatic heterocycles. The van der Waals surface area contributed by atoms with Gasteiger partial charge in [-0.2, -0.15) is 0 Å². The number of nitrogens with zero attached hydrogens (tertiary/aromatic N) is 1. The molecule has 6 heteroatoms. The van der Waals surface area contributed by atoms with Crippen LogP contribution in [-0.2, 0) is 19.2 Å². The molecule has 1 aliphatic heterocycles. The second kappa shape index (κ2) is 5.67. The summed E-state index contributed by atoms with van der Waals surface area (Å²) < 4.78 is 0. The lowest BCUT2D eigenvalue weighted by Crippen LogP contribution is -2.31. The smallest absolute Gasteiger partial charge is 0.326 e. The van der Waals surface area contributed by atoms with E-state index < -0.39 is 17.8 Å². The van der Waals surface area contributed by atoms with Crippen LogP contribution in [0.25, 0.3) is 6.08 Å². The molecule has 1 saturated heterocycles. The van der Waals surface area contributed by atoms with Gasteiger partial charge in [-0.1, -0.05) is 23.7 Å². The van der Waals surface area contributed by atoms with E-state index in [2.05, 4.69) is 4.84 Å². The zero-order valence-corrected chi connectivity index (χ0v) is 10.6. The average Bonchev–Trinajstić information content (AvgIpc) is 2.70. The number of carbonyl (C=O) groups is 3. The second-order valence-electron chi connectivity index (χ2n) is 3.88. The molecule has 1 aliphatic rings. The van der Waals surface area contributed by atoms with Crippen molar-refractivity contribution in [3.8, 4) is 0 Å². The molecule has 0 atom stereocenters. The molecule has 0 bridgehead atoms. The van der Waals surface area contributed by atoms with Crippen LogP contribution in [0, 0.1) is 0 Å². The Morgan fingerprint density at radius 2 is 1.74 bits per heavy atom. The van der Waals surface area contributed by atoms with Gasteiger partial charge < -0.3 is 4.84 Å². The first-order chi connectivity index (χ1) is 9.06. The number of hydrogen-bond acceptors (Lipinski definition) is 4. The standard InChI is InChI=1S/C13H10ClNO4/c14-10-4-1-9(2-5-10)3-8-13(18)19-15-11(16)6-7-12(15)17/h1-5,8H,6-7H2/b8-3-. The summed E-state index contributed by atoms with van der Waals surface area (Å²) in [6, 6.07) is 6.80. The summed E-state index contributed by atoms with van der Waals surface area (Å²) in [5, 5.41) is 1.10. The van der Waals surface area contributed by atoms with Crippen LogP contribution < -0.4 is 0 Å². The molecule has 2 amide bonds. The van der Waals surface area contributed by atoms with E-state index in [-0.39, 0.29) is 12.8 Å². The summed E-state index contributed by atoms with van der Waals surface area (Å²) in [4.78, 5) is 38.6. The molecule has 0 aliphatic carbocycles. The summed E-state index contributed by atoms with van der Waals surface area (Å²) in [6.45, 7) is 0. The molecule has 0 spiro atoms. The van der Waals surface area contributed by atoms with Gasteiger partial charge in [0.15, 0.2) is 0 Å². The Labute approximate surface area is 114 Å². The van der Waals surface area contributed by atoms with E-state index in [0.717, 1.165) is 11.6 Å². The monoisotopic (exact) mass is 279 g/mol. The maximum atomic E-state index is 11.4. The van der Waals surface area contributed by atoms with E-state index in [9.17, 15) is 14.4 Å². The molecule has 2 rings (SSSR count). The van der Waals surface area contributed by atoms with Crippen LogP contribution in [0.2, 0.25) is 5.02 Å². The highest BCUT2D eigenvalue weighted by atomic mass is 35.5. The Morgan fingerprint density at radius 1 is 1.16 bits per heavy atom. The van der Waals surface area contributed by atoms with Crippen molar-refractivity contribution in [2.24, 2.45) is 0 Å². The molecule has 1 aromatic carbocycles. The van der Waals surface area contributed by atoms with Crippen LogP contribution in [0.15, 0.2) is 30.3 Å². The Morgan fingerprint density at radius 3 is 2.32 bits per heavy atom. The summed E-state index contributed by atoms with van der Waals surface area (Å²) in [6.07, 6.45) is 2.80. The molecule has 0 radical (unpaired) electrons. The van der Waals surface area contributed by atoms with E-state index >= 15 is 0 Å². The molecule has 1 heterocycles. The maximum Gasteiger partial charge on any atom is 0.356 e. The molecular formula is C13H10ClNO4. The van der Waals surface area contributed by atoms with Crippen molar-refractivity contribution in [3.05, 3.63) is 40.9 Å². The highest BCUT2D eigenvalue weighted by Crippen LogP contribution is 2.13. The van der Waals surface area contributed by atoms with Gasteiger partial charge in [-0.05, 0) is 23.8 Å². The van der Waals surface area contributed by atoms with Gasteiger partial charge in [-0.15, -0.1) is 5.06 Å². The van der Waals surface area contributed by atoms with Crippen molar-refractivity contribution in [1.29, 1.82) is 0 Å². The molecule has 0 unspecified atom stereocenters. The summed E-state index contributed by atoms with van der Waals surface area (Å²) in [7, 11) is 0. The summed E-state index contributed by atoms with van der Waals surface area (Å²) >= 11 is 5.72. The lowest BCUT2D eigenvalue weighted by Gasteiger charge is -2.10. The third kappa shape index (κ3) is 3.42. The van der Waals surface area contributed by atoms with E-state index in [1.54, 1.807) is 24.3 Å². The Kier molecular flexibility index (Phi) is 3.97. The fraction of sp³-hybridized carbons (Fsp3) is 0.154. The van der Waals surface area contributed by atoms with E-state index in [1.807, 2.05) is 0 Å². The number of hydroxylamine groups is 2. The van der Waals surface area contributed by atoms with Crippen molar-refractivity contribution in [2.45, 2.75) is 12.8 Å². The third-order valence-corrected chi connectivity index (χ3v) is 2.72. The average molecular weight is 280 g/mol. The zero-order valence-electron chi connectivity index (χ0n) is 9.84. The van der Waals surface area contributed by atoms with Crippen LogP contribution in [-0.4, -0.2) is 22.8 Å². The van der Waals surface area contributed by atoms with E-state index in [4.69, 9.17) is 11.6 Å². The molecule has 19 heavy (non-hydrogen) atoms. The molecule has 0 saturated carbocycles. The highest BCUT2D eigenvalue weighted by molar-refractivity contribution is 6.30. The highest BCUT2D eigenvalue weighted by Gasteiger charge is 2.32. The Balaban J connectivity index is 1.96. The minimum absolute atomic E-state index is 0.0764. The minimum Gasteiger partial charge on any atom is -0.326 e. The van der Waals surface area contributed by atoms with Gasteiger partial charge in [0, 0.05) is 23.9 Å². The number of hydrogen-bond donors (Lipinski definition) is 0. The van der Waals surface area contributed by atoms with Crippen LogP contribution >= 0.6 is 11.6 Å². The van der Waals surface area contributed by atoms with E-state index in [0.29, 0.717) is 10.1 Å². The molecular weight excluding hydrogens is 270 g/mol. The number of benzene rings is 1. The van der Waals surface area contributed by atoms with Gasteiger partial charge in [0.05, 0.1) is 0 Å². The van der Waals surface area contributed by atoms with Crippen molar-refractivity contribution >= 4 is 35.5 Å². The molecule has 98 valence electrons. The molecule has 1 aromatic rings. The van der Waals surface area contributed by atoms with Gasteiger partial charge in [0.2, 0.25) is 0 Å².